The van der Waals surface area contributed by atoms with Crippen LogP contribution in [0.3, 0.4) is 0 Å². The molecular formula is C60H40N2. The highest BCUT2D eigenvalue weighted by atomic mass is 15.1. The fourth-order valence-corrected chi connectivity index (χ4v) is 9.71. The van der Waals surface area contributed by atoms with Crippen LogP contribution in [0.4, 0.5) is 17.1 Å². The highest BCUT2D eigenvalue weighted by Crippen LogP contribution is 2.46. The van der Waals surface area contributed by atoms with Crippen molar-refractivity contribution in [3.05, 3.63) is 243 Å². The van der Waals surface area contributed by atoms with Crippen molar-refractivity contribution in [3.8, 4) is 39.1 Å². The van der Waals surface area contributed by atoms with E-state index in [1.165, 1.54) is 81.9 Å². The Morgan fingerprint density at radius 3 is 1.52 bits per heavy atom. The van der Waals surface area contributed by atoms with E-state index in [0.29, 0.717) is 0 Å². The minimum Gasteiger partial charge on any atom is -0.310 e. The Morgan fingerprint density at radius 2 is 0.823 bits per heavy atom. The van der Waals surface area contributed by atoms with E-state index in [4.69, 9.17) is 0 Å². The third-order valence-electron chi connectivity index (χ3n) is 12.6. The zero-order chi connectivity index (χ0) is 41.0. The average molecular weight is 789 g/mol. The number of anilines is 3. The van der Waals surface area contributed by atoms with Gasteiger partial charge in [0.15, 0.2) is 0 Å². The lowest BCUT2D eigenvalue weighted by atomic mass is 9.93. The van der Waals surface area contributed by atoms with Crippen molar-refractivity contribution in [1.82, 2.24) is 4.57 Å². The lowest BCUT2D eigenvalue weighted by Gasteiger charge is -2.29. The fourth-order valence-electron chi connectivity index (χ4n) is 9.71. The molecule has 0 saturated carbocycles. The van der Waals surface area contributed by atoms with Crippen LogP contribution in [-0.4, -0.2) is 4.57 Å². The first-order valence-corrected chi connectivity index (χ1v) is 21.3. The van der Waals surface area contributed by atoms with E-state index in [2.05, 4.69) is 252 Å². The molecule has 0 N–H and O–H groups in total. The molecule has 0 aliphatic carbocycles. The zero-order valence-corrected chi connectivity index (χ0v) is 34.0. The van der Waals surface area contributed by atoms with Gasteiger partial charge in [0.2, 0.25) is 0 Å². The summed E-state index contributed by atoms with van der Waals surface area (Å²) in [5.41, 5.74) is 13.9. The van der Waals surface area contributed by atoms with Crippen LogP contribution in [0.15, 0.2) is 243 Å². The Morgan fingerprint density at radius 1 is 0.306 bits per heavy atom. The SMILES string of the molecule is c1ccc(-c2ccc(N(c3ccc(-n4c5ccccc5c5c6c7ccccc7ccc6c6ccccc6c54)cc3)c3ccc(-c4ccccc4)cc3-c3ccccc3)cc2)cc1. The largest absolute Gasteiger partial charge is 0.310 e. The van der Waals surface area contributed by atoms with Gasteiger partial charge in [-0.1, -0.05) is 188 Å². The molecular weight excluding hydrogens is 749 g/mol. The van der Waals surface area contributed by atoms with Gasteiger partial charge in [-0.05, 0) is 104 Å². The Balaban J connectivity index is 1.08. The second-order valence-electron chi connectivity index (χ2n) is 16.1. The van der Waals surface area contributed by atoms with Crippen molar-refractivity contribution in [2.45, 2.75) is 0 Å². The number of aromatic nitrogens is 1. The van der Waals surface area contributed by atoms with Gasteiger partial charge in [0.1, 0.15) is 0 Å². The molecule has 0 aliphatic rings. The van der Waals surface area contributed by atoms with Crippen molar-refractivity contribution in [3.63, 3.8) is 0 Å². The van der Waals surface area contributed by atoms with E-state index in [1.807, 2.05) is 0 Å². The number of para-hydroxylation sites is 1. The summed E-state index contributed by atoms with van der Waals surface area (Å²) in [5, 5.41) is 10.2. The Bertz CT molecular complexity index is 3590. The molecule has 290 valence electrons. The molecule has 1 heterocycles. The highest BCUT2D eigenvalue weighted by molar-refractivity contribution is 6.36. The molecule has 12 rings (SSSR count). The molecule has 2 nitrogen and oxygen atoms in total. The maximum Gasteiger partial charge on any atom is 0.0626 e. The number of fused-ring (bicyclic) bond motifs is 10. The molecule has 0 amide bonds. The second-order valence-corrected chi connectivity index (χ2v) is 16.1. The van der Waals surface area contributed by atoms with E-state index < -0.39 is 0 Å². The van der Waals surface area contributed by atoms with E-state index >= 15 is 0 Å². The third kappa shape index (κ3) is 5.88. The molecule has 0 bridgehead atoms. The lowest BCUT2D eigenvalue weighted by molar-refractivity contribution is 1.18. The highest BCUT2D eigenvalue weighted by Gasteiger charge is 2.22. The molecule has 12 aromatic rings. The van der Waals surface area contributed by atoms with E-state index in [0.717, 1.165) is 28.3 Å². The van der Waals surface area contributed by atoms with Crippen LogP contribution in [0, 0.1) is 0 Å². The van der Waals surface area contributed by atoms with Gasteiger partial charge in [-0.2, -0.15) is 0 Å². The van der Waals surface area contributed by atoms with Gasteiger partial charge in [-0.25, -0.2) is 0 Å². The van der Waals surface area contributed by atoms with Crippen LogP contribution in [-0.2, 0) is 0 Å². The standard InChI is InChI=1S/C60H40N2/c1-4-16-41(17-5-1)43-28-32-47(33-29-43)61(57-39-31-46(42-18-6-2-7-19-42)40-55(57)44-20-8-3-9-21-44)48-34-36-49(37-35-48)62-56-27-15-14-26-54(56)59-58-50-23-11-10-22-45(50)30-38-52(58)51-24-12-13-25-53(51)60(59)62/h1-40H. The summed E-state index contributed by atoms with van der Waals surface area (Å²) in [4.78, 5) is 2.41. The average Bonchev–Trinajstić information content (AvgIpc) is 3.71. The predicted molar refractivity (Wildman–Crippen MR) is 264 cm³/mol. The quantitative estimate of drug-likeness (QED) is 0.146. The molecule has 0 atom stereocenters. The van der Waals surface area contributed by atoms with Crippen LogP contribution in [0.25, 0.3) is 93.2 Å². The van der Waals surface area contributed by atoms with E-state index in [1.54, 1.807) is 0 Å². The molecule has 62 heavy (non-hydrogen) atoms. The number of benzene rings is 11. The smallest absolute Gasteiger partial charge is 0.0626 e. The van der Waals surface area contributed by atoms with Crippen molar-refractivity contribution >= 4 is 71.2 Å². The van der Waals surface area contributed by atoms with Crippen LogP contribution < -0.4 is 4.90 Å². The first-order valence-electron chi connectivity index (χ1n) is 21.3. The number of hydrogen-bond acceptors (Lipinski definition) is 1. The molecule has 0 spiro atoms. The summed E-state index contributed by atoms with van der Waals surface area (Å²) in [5.74, 6) is 0. The zero-order valence-electron chi connectivity index (χ0n) is 34.0. The molecule has 0 aliphatic heterocycles. The monoisotopic (exact) mass is 788 g/mol. The van der Waals surface area contributed by atoms with Gasteiger partial charge >= 0.3 is 0 Å². The van der Waals surface area contributed by atoms with Crippen LogP contribution in [0.5, 0.6) is 0 Å². The van der Waals surface area contributed by atoms with Crippen molar-refractivity contribution < 1.29 is 0 Å². The maximum atomic E-state index is 2.49. The molecule has 1 aromatic heterocycles. The summed E-state index contributed by atoms with van der Waals surface area (Å²) >= 11 is 0. The maximum absolute atomic E-state index is 2.49. The normalized spacial score (nSPS) is 11.5. The Labute approximate surface area is 360 Å². The summed E-state index contributed by atoms with van der Waals surface area (Å²) in [6.07, 6.45) is 0. The third-order valence-corrected chi connectivity index (χ3v) is 12.6. The van der Waals surface area contributed by atoms with Gasteiger partial charge in [0.05, 0.1) is 16.7 Å². The van der Waals surface area contributed by atoms with Gasteiger partial charge in [-0.3, -0.25) is 0 Å². The van der Waals surface area contributed by atoms with Crippen molar-refractivity contribution in [2.75, 3.05) is 4.90 Å². The Kier molecular flexibility index (Phi) is 8.53. The number of rotatable bonds is 7. The van der Waals surface area contributed by atoms with Gasteiger partial charge in [0, 0.05) is 44.2 Å². The summed E-state index contributed by atoms with van der Waals surface area (Å²) < 4.78 is 2.49. The summed E-state index contributed by atoms with van der Waals surface area (Å²) in [6, 6.07) is 88.4. The first kappa shape index (κ1) is 35.7. The minimum absolute atomic E-state index is 1.08. The number of nitrogens with zero attached hydrogens (tertiary/aromatic N) is 2. The van der Waals surface area contributed by atoms with Crippen LogP contribution in [0.2, 0.25) is 0 Å². The van der Waals surface area contributed by atoms with E-state index in [9.17, 15) is 0 Å². The molecule has 0 saturated heterocycles. The van der Waals surface area contributed by atoms with Gasteiger partial charge < -0.3 is 9.47 Å². The van der Waals surface area contributed by atoms with Gasteiger partial charge in [0.25, 0.3) is 0 Å². The van der Waals surface area contributed by atoms with Gasteiger partial charge in [-0.15, -0.1) is 0 Å². The van der Waals surface area contributed by atoms with Crippen LogP contribution >= 0.6 is 0 Å². The van der Waals surface area contributed by atoms with E-state index in [-0.39, 0.29) is 0 Å². The minimum atomic E-state index is 1.08. The molecule has 0 fully saturated rings. The van der Waals surface area contributed by atoms with Crippen molar-refractivity contribution in [1.29, 1.82) is 0 Å². The molecule has 11 aromatic carbocycles. The Hall–Kier alpha value is -8.20. The molecule has 0 unspecified atom stereocenters. The molecule has 2 heteroatoms. The fraction of sp³-hybridized carbons (Fsp3) is 0. The first-order chi connectivity index (χ1) is 30.8. The summed E-state index contributed by atoms with van der Waals surface area (Å²) in [7, 11) is 0. The van der Waals surface area contributed by atoms with Crippen LogP contribution in [0.1, 0.15) is 0 Å². The number of hydrogen-bond donors (Lipinski definition) is 0. The molecule has 0 radical (unpaired) electrons. The lowest BCUT2D eigenvalue weighted by Crippen LogP contribution is -2.11. The topological polar surface area (TPSA) is 8.17 Å². The van der Waals surface area contributed by atoms with Crippen molar-refractivity contribution in [2.24, 2.45) is 0 Å². The second kappa shape index (κ2) is 14.8. The predicted octanol–water partition coefficient (Wildman–Crippen LogP) is 16.7. The summed E-state index contributed by atoms with van der Waals surface area (Å²) in [6.45, 7) is 0.